The predicted molar refractivity (Wildman–Crippen MR) is 57.1 cm³/mol. The lowest BCUT2D eigenvalue weighted by molar-refractivity contribution is 0.164. The van der Waals surface area contributed by atoms with Crippen LogP contribution in [-0.4, -0.2) is 32.1 Å². The van der Waals surface area contributed by atoms with Crippen molar-refractivity contribution in [3.05, 3.63) is 22.4 Å². The number of hydrogen-bond acceptors (Lipinski definition) is 3. The van der Waals surface area contributed by atoms with E-state index in [1.165, 1.54) is 18.0 Å². The molecular formula is C10H16N2S. The molecule has 0 amide bonds. The molecule has 0 aromatic carbocycles. The highest BCUT2D eigenvalue weighted by Crippen LogP contribution is 2.32. The van der Waals surface area contributed by atoms with Crippen LogP contribution in [0.4, 0.5) is 0 Å². The van der Waals surface area contributed by atoms with Gasteiger partial charge < -0.3 is 10.2 Å². The number of nitrogens with one attached hydrogen (secondary N) is 1. The summed E-state index contributed by atoms with van der Waals surface area (Å²) in [6.07, 6.45) is 0. The van der Waals surface area contributed by atoms with Crippen LogP contribution in [0.25, 0.3) is 0 Å². The summed E-state index contributed by atoms with van der Waals surface area (Å²) in [6, 6.07) is 5.00. The van der Waals surface area contributed by atoms with E-state index < -0.39 is 0 Å². The molecule has 1 unspecified atom stereocenters. The van der Waals surface area contributed by atoms with Crippen LogP contribution in [0.2, 0.25) is 0 Å². The third-order valence-corrected chi connectivity index (χ3v) is 3.59. The molecule has 0 spiro atoms. The van der Waals surface area contributed by atoms with Gasteiger partial charge in [0.25, 0.3) is 0 Å². The molecule has 0 radical (unpaired) electrons. The second kappa shape index (κ2) is 3.78. The van der Waals surface area contributed by atoms with Gasteiger partial charge in [-0.1, -0.05) is 6.07 Å². The molecule has 0 bridgehead atoms. The largest absolute Gasteiger partial charge is 0.316 e. The van der Waals surface area contributed by atoms with Gasteiger partial charge in [0.2, 0.25) is 0 Å². The van der Waals surface area contributed by atoms with Gasteiger partial charge in [0.1, 0.15) is 0 Å². The molecule has 72 valence electrons. The van der Waals surface area contributed by atoms with Crippen LogP contribution in [0.1, 0.15) is 10.9 Å². The molecule has 0 saturated carbocycles. The molecule has 0 aliphatic carbocycles. The summed E-state index contributed by atoms with van der Waals surface area (Å²) in [5.74, 6) is 0.800. The lowest BCUT2D eigenvalue weighted by Crippen LogP contribution is -2.48. The monoisotopic (exact) mass is 196 g/mol. The summed E-state index contributed by atoms with van der Waals surface area (Å²) in [4.78, 5) is 3.83. The lowest BCUT2D eigenvalue weighted by atomic mass is 9.92. The van der Waals surface area contributed by atoms with Gasteiger partial charge in [-0.15, -0.1) is 11.3 Å². The Balaban J connectivity index is 2.13. The molecule has 1 aliphatic rings. The van der Waals surface area contributed by atoms with Gasteiger partial charge in [-0.25, -0.2) is 0 Å². The van der Waals surface area contributed by atoms with Crippen molar-refractivity contribution >= 4 is 11.3 Å². The zero-order valence-corrected chi connectivity index (χ0v) is 8.97. The van der Waals surface area contributed by atoms with Crippen LogP contribution in [0.5, 0.6) is 0 Å². The first-order chi connectivity index (χ1) is 6.29. The second-order valence-corrected chi connectivity index (χ2v) is 4.82. The SMILES string of the molecule is CN(C)C(c1cccs1)C1CNC1. The van der Waals surface area contributed by atoms with Crippen LogP contribution in [0, 0.1) is 5.92 Å². The Labute approximate surface area is 83.6 Å². The van der Waals surface area contributed by atoms with Gasteiger partial charge in [0.05, 0.1) is 0 Å². The maximum Gasteiger partial charge on any atom is 0.0487 e. The number of thiophene rings is 1. The first-order valence-corrected chi connectivity index (χ1v) is 5.57. The predicted octanol–water partition coefficient (Wildman–Crippen LogP) is 1.57. The molecule has 1 atom stereocenters. The van der Waals surface area contributed by atoms with E-state index in [1.807, 2.05) is 11.3 Å². The fourth-order valence-corrected chi connectivity index (χ4v) is 2.92. The lowest BCUT2D eigenvalue weighted by Gasteiger charge is -2.38. The molecule has 1 N–H and O–H groups in total. The Morgan fingerprint density at radius 3 is 2.69 bits per heavy atom. The standard InChI is InChI=1S/C10H16N2S/c1-12(2)10(8-6-11-7-8)9-4-3-5-13-9/h3-5,8,10-11H,6-7H2,1-2H3. The average Bonchev–Trinajstić information content (AvgIpc) is 2.46. The molecule has 1 aromatic rings. The molecule has 3 heteroatoms. The molecule has 2 heterocycles. The molecular weight excluding hydrogens is 180 g/mol. The molecule has 2 nitrogen and oxygen atoms in total. The van der Waals surface area contributed by atoms with Gasteiger partial charge in [-0.3, -0.25) is 0 Å². The van der Waals surface area contributed by atoms with Crippen molar-refractivity contribution in [3.8, 4) is 0 Å². The molecule has 1 fully saturated rings. The van der Waals surface area contributed by atoms with Crippen LogP contribution in [-0.2, 0) is 0 Å². The van der Waals surface area contributed by atoms with Crippen molar-refractivity contribution < 1.29 is 0 Å². The van der Waals surface area contributed by atoms with Crippen LogP contribution in [0.15, 0.2) is 17.5 Å². The molecule has 13 heavy (non-hydrogen) atoms. The first kappa shape index (κ1) is 9.19. The van der Waals surface area contributed by atoms with E-state index in [0.717, 1.165) is 5.92 Å². The van der Waals surface area contributed by atoms with E-state index in [2.05, 4.69) is 41.8 Å². The Morgan fingerprint density at radius 1 is 1.54 bits per heavy atom. The summed E-state index contributed by atoms with van der Waals surface area (Å²) in [5, 5.41) is 5.50. The molecule has 1 aliphatic heterocycles. The minimum Gasteiger partial charge on any atom is -0.316 e. The maximum atomic E-state index is 3.34. The van der Waals surface area contributed by atoms with Gasteiger partial charge in [-0.2, -0.15) is 0 Å². The van der Waals surface area contributed by atoms with Crippen molar-refractivity contribution in [1.82, 2.24) is 10.2 Å². The van der Waals surface area contributed by atoms with Crippen molar-refractivity contribution in [2.75, 3.05) is 27.2 Å². The zero-order valence-electron chi connectivity index (χ0n) is 8.16. The smallest absolute Gasteiger partial charge is 0.0487 e. The first-order valence-electron chi connectivity index (χ1n) is 4.69. The summed E-state index contributed by atoms with van der Waals surface area (Å²) in [7, 11) is 4.34. The third kappa shape index (κ3) is 1.77. The van der Waals surface area contributed by atoms with Crippen LogP contribution in [0.3, 0.4) is 0 Å². The van der Waals surface area contributed by atoms with Crippen LogP contribution >= 0.6 is 11.3 Å². The van der Waals surface area contributed by atoms with Crippen LogP contribution < -0.4 is 5.32 Å². The summed E-state index contributed by atoms with van der Waals surface area (Å²) >= 11 is 1.87. The molecule has 1 saturated heterocycles. The van der Waals surface area contributed by atoms with Gasteiger partial charge in [0, 0.05) is 29.9 Å². The van der Waals surface area contributed by atoms with E-state index in [4.69, 9.17) is 0 Å². The summed E-state index contributed by atoms with van der Waals surface area (Å²) in [6.45, 7) is 2.33. The number of hydrogen-bond donors (Lipinski definition) is 1. The van der Waals surface area contributed by atoms with Crippen molar-refractivity contribution in [2.24, 2.45) is 5.92 Å². The van der Waals surface area contributed by atoms with Gasteiger partial charge in [-0.05, 0) is 25.5 Å². The second-order valence-electron chi connectivity index (χ2n) is 3.84. The Bertz CT molecular complexity index is 252. The number of nitrogens with zero attached hydrogens (tertiary/aromatic N) is 1. The summed E-state index contributed by atoms with van der Waals surface area (Å²) < 4.78 is 0. The average molecular weight is 196 g/mol. The maximum absolute atomic E-state index is 3.34. The van der Waals surface area contributed by atoms with E-state index in [1.54, 1.807) is 0 Å². The third-order valence-electron chi connectivity index (χ3n) is 2.65. The molecule has 2 rings (SSSR count). The minimum atomic E-state index is 0.612. The Kier molecular flexibility index (Phi) is 2.67. The Morgan fingerprint density at radius 2 is 2.31 bits per heavy atom. The van der Waals surface area contributed by atoms with Crippen molar-refractivity contribution in [1.29, 1.82) is 0 Å². The zero-order chi connectivity index (χ0) is 9.26. The Hall–Kier alpha value is -0.380. The number of rotatable bonds is 3. The quantitative estimate of drug-likeness (QED) is 0.789. The normalized spacial score (nSPS) is 20.2. The highest BCUT2D eigenvalue weighted by molar-refractivity contribution is 7.10. The fourth-order valence-electron chi connectivity index (χ4n) is 1.90. The highest BCUT2D eigenvalue weighted by Gasteiger charge is 2.30. The van der Waals surface area contributed by atoms with Gasteiger partial charge in [0.15, 0.2) is 0 Å². The van der Waals surface area contributed by atoms with Crippen molar-refractivity contribution in [2.45, 2.75) is 6.04 Å². The van der Waals surface area contributed by atoms with E-state index in [0.29, 0.717) is 6.04 Å². The summed E-state index contributed by atoms with van der Waals surface area (Å²) in [5.41, 5.74) is 0. The highest BCUT2D eigenvalue weighted by atomic mass is 32.1. The van der Waals surface area contributed by atoms with E-state index in [9.17, 15) is 0 Å². The van der Waals surface area contributed by atoms with Crippen molar-refractivity contribution in [3.63, 3.8) is 0 Å². The molecule has 1 aromatic heterocycles. The van der Waals surface area contributed by atoms with Gasteiger partial charge >= 0.3 is 0 Å². The minimum absolute atomic E-state index is 0.612. The van der Waals surface area contributed by atoms with E-state index in [-0.39, 0.29) is 0 Å². The fraction of sp³-hybridized carbons (Fsp3) is 0.600. The topological polar surface area (TPSA) is 15.3 Å². The van der Waals surface area contributed by atoms with E-state index >= 15 is 0 Å².